The second-order valence-corrected chi connectivity index (χ2v) is 22.2. The van der Waals surface area contributed by atoms with Gasteiger partial charge in [-0.15, -0.1) is 0 Å². The van der Waals surface area contributed by atoms with Gasteiger partial charge in [-0.05, 0) is 55.7 Å². The van der Waals surface area contributed by atoms with Crippen molar-refractivity contribution in [3.8, 4) is 5.75 Å². The summed E-state index contributed by atoms with van der Waals surface area (Å²) in [5.74, 6) is -9.22. The van der Waals surface area contributed by atoms with E-state index in [0.29, 0.717) is 34.5 Å². The predicted octanol–water partition coefficient (Wildman–Crippen LogP) is -7.20. The van der Waals surface area contributed by atoms with Crippen molar-refractivity contribution in [2.45, 2.75) is 203 Å². The van der Waals surface area contributed by atoms with Gasteiger partial charge in [-0.3, -0.25) is 42.9 Å². The Kier molecular flexibility index (Phi) is 28.3. The minimum absolute atomic E-state index is 0. The van der Waals surface area contributed by atoms with Gasteiger partial charge in [0, 0.05) is 32.4 Å². The van der Waals surface area contributed by atoms with Crippen molar-refractivity contribution in [2.24, 2.45) is 17.6 Å². The first-order valence-corrected chi connectivity index (χ1v) is 28.2. The van der Waals surface area contributed by atoms with Crippen LogP contribution in [0.3, 0.4) is 0 Å². The smallest absolute Gasteiger partial charge is 0.746 e. The number of hydrogen-bond acceptors (Lipinski definition) is 19. The normalized spacial score (nSPS) is 28.6. The third-order valence-corrected chi connectivity index (χ3v) is 15.0. The van der Waals surface area contributed by atoms with Gasteiger partial charge in [-0.25, -0.2) is 0 Å². The summed E-state index contributed by atoms with van der Waals surface area (Å²) in [6.45, 7) is 6.61. The van der Waals surface area contributed by atoms with Crippen molar-refractivity contribution in [1.29, 1.82) is 0 Å². The van der Waals surface area contributed by atoms with E-state index in [2.05, 4.69) is 46.6 Å². The molecule has 8 amide bonds. The van der Waals surface area contributed by atoms with E-state index in [0.717, 1.165) is 69.7 Å². The molecule has 80 heavy (non-hydrogen) atoms. The first-order chi connectivity index (χ1) is 37.0. The molecule has 446 valence electrons. The fourth-order valence-corrected chi connectivity index (χ4v) is 10.4. The molecule has 28 nitrogen and oxygen atoms in total. The van der Waals surface area contributed by atoms with Gasteiger partial charge in [0.15, 0.2) is 6.23 Å². The standard InChI is InChI=1S/C50H81N8O20P.Na/c1-5-25(2)20-26(3)12-10-8-6-7-9-11-13-37(65)52-31-22-35(63)46(70)56-48(72)41-33(61)18-19-57(41)50(74)39(34(62)23-36(51)64)54-47(71)40(43(67)42(66)28-14-16-30(17-15-28)78-79(75,76)77)55-45(69)32-21-29(60)24-58(32)49(73)38(27(4)59)53-44(31)68;/h14-17,25-27,29,31-35,38-43,46,59-63,66-67,70H,5-13,18-24H2,1-4H3,(H2,51,64)(H,52,65)(H,53,68)(H,54,71)(H,55,69)(H,56,72)(H2,75,76,77);/q;+1/p-1. The van der Waals surface area contributed by atoms with Crippen LogP contribution in [0.4, 0.5) is 0 Å². The van der Waals surface area contributed by atoms with Crippen LogP contribution in [0.1, 0.15) is 129 Å². The van der Waals surface area contributed by atoms with Gasteiger partial charge >= 0.3 is 37.4 Å². The summed E-state index contributed by atoms with van der Waals surface area (Å²) in [4.78, 5) is 133. The summed E-state index contributed by atoms with van der Waals surface area (Å²) in [6.07, 6.45) is -11.1. The Morgan fingerprint density at radius 1 is 0.775 bits per heavy atom. The van der Waals surface area contributed by atoms with Crippen LogP contribution in [0, 0.1) is 11.8 Å². The topological polar surface area (TPSA) is 461 Å². The largest absolute Gasteiger partial charge is 1.00 e. The number of benzene rings is 1. The molecule has 1 aromatic carbocycles. The van der Waals surface area contributed by atoms with Crippen molar-refractivity contribution in [3.63, 3.8) is 0 Å². The summed E-state index contributed by atoms with van der Waals surface area (Å²) < 4.78 is 15.7. The number of amides is 8. The molecule has 0 aliphatic carbocycles. The Hall–Kier alpha value is -4.39. The molecule has 3 saturated heterocycles. The van der Waals surface area contributed by atoms with Crippen molar-refractivity contribution in [1.82, 2.24) is 36.4 Å². The average molecular weight is 1170 g/mol. The van der Waals surface area contributed by atoms with Crippen LogP contribution in [0.2, 0.25) is 0 Å². The van der Waals surface area contributed by atoms with Crippen LogP contribution < -0.4 is 71.3 Å². The predicted molar refractivity (Wildman–Crippen MR) is 274 cm³/mol. The van der Waals surface area contributed by atoms with Crippen LogP contribution >= 0.6 is 7.82 Å². The van der Waals surface area contributed by atoms with Gasteiger partial charge in [0.2, 0.25) is 47.3 Å². The van der Waals surface area contributed by atoms with Crippen molar-refractivity contribution >= 4 is 55.1 Å². The molecule has 3 aliphatic heterocycles. The molecule has 3 aliphatic rings. The molecular weight excluding hydrogens is 1090 g/mol. The molecule has 0 aromatic heterocycles. The van der Waals surface area contributed by atoms with Gasteiger partial charge in [-0.2, -0.15) is 0 Å². The zero-order chi connectivity index (χ0) is 59.1. The van der Waals surface area contributed by atoms with Crippen LogP contribution in [-0.2, 0) is 42.9 Å². The molecular formula is C50H80N8NaO20P. The van der Waals surface area contributed by atoms with Gasteiger partial charge < -0.3 is 97.3 Å². The first-order valence-electron chi connectivity index (χ1n) is 26.7. The third kappa shape index (κ3) is 20.8. The number of nitrogens with zero attached hydrogens (tertiary/aromatic N) is 2. The maximum atomic E-state index is 14.4. The molecule has 17 atom stereocenters. The Bertz CT molecular complexity index is 2300. The maximum absolute atomic E-state index is 14.4. The Morgan fingerprint density at radius 3 is 1.96 bits per heavy atom. The second kappa shape index (κ2) is 32.5. The minimum atomic E-state index is -5.32. The molecule has 1 aromatic rings. The van der Waals surface area contributed by atoms with E-state index in [9.17, 15) is 88.7 Å². The van der Waals surface area contributed by atoms with E-state index in [4.69, 9.17) is 10.6 Å². The number of rotatable bonds is 22. The zero-order valence-corrected chi connectivity index (χ0v) is 48.7. The van der Waals surface area contributed by atoms with Crippen LogP contribution in [0.15, 0.2) is 24.3 Å². The minimum Gasteiger partial charge on any atom is -0.746 e. The Morgan fingerprint density at radius 2 is 1.36 bits per heavy atom. The molecule has 3 fully saturated rings. The van der Waals surface area contributed by atoms with E-state index < -0.39 is 178 Å². The Balaban J connectivity index is 0.0000168. The van der Waals surface area contributed by atoms with Gasteiger partial charge in [0.1, 0.15) is 60.3 Å². The number of primary amides is 1. The number of nitrogens with two attached hydrogens (primary N) is 1. The Labute approximate surface area is 485 Å². The number of carbonyl (C=O) groups is 8. The molecule has 0 radical (unpaired) electrons. The van der Waals surface area contributed by atoms with Crippen LogP contribution in [-0.4, -0.2) is 195 Å². The number of nitrogens with one attached hydrogen (secondary N) is 5. The number of unbranched alkanes of at least 4 members (excludes halogenated alkanes) is 5. The van der Waals surface area contributed by atoms with Gasteiger partial charge in [0.05, 0.1) is 30.8 Å². The fraction of sp³-hybridized carbons (Fsp3) is 0.720. The molecule has 4 rings (SSSR count). The van der Waals surface area contributed by atoms with Crippen LogP contribution in [0.5, 0.6) is 5.75 Å². The second-order valence-electron chi connectivity index (χ2n) is 21.1. The van der Waals surface area contributed by atoms with Crippen molar-refractivity contribution in [3.05, 3.63) is 29.8 Å². The van der Waals surface area contributed by atoms with E-state index >= 15 is 0 Å². The molecule has 0 bridgehead atoms. The van der Waals surface area contributed by atoms with E-state index in [-0.39, 0.29) is 48.0 Å². The number of carbonyl (C=O) groups excluding carboxylic acids is 8. The maximum Gasteiger partial charge on any atom is 1.00 e. The summed E-state index contributed by atoms with van der Waals surface area (Å²) >= 11 is 0. The fourth-order valence-electron chi connectivity index (χ4n) is 9.98. The molecule has 0 spiro atoms. The number of phosphoric acid groups is 1. The van der Waals surface area contributed by atoms with E-state index in [1.807, 2.05) is 5.32 Å². The summed E-state index contributed by atoms with van der Waals surface area (Å²) in [5, 5.41) is 101. The number of phosphoric ester groups is 1. The van der Waals surface area contributed by atoms with E-state index in [1.165, 1.54) is 6.42 Å². The number of hydrogen-bond donors (Lipinski definition) is 15. The van der Waals surface area contributed by atoms with Crippen molar-refractivity contribution in [2.75, 3.05) is 13.1 Å². The molecule has 3 heterocycles. The monoisotopic (exact) mass is 1170 g/mol. The average Bonchev–Trinajstić information content (AvgIpc) is 3.98. The van der Waals surface area contributed by atoms with Crippen molar-refractivity contribution < 1.29 is 128 Å². The van der Waals surface area contributed by atoms with Gasteiger partial charge in [0.25, 0.3) is 0 Å². The molecule has 16 N–H and O–H groups in total. The summed E-state index contributed by atoms with van der Waals surface area (Å²) in [6, 6.07) is -8.54. The molecule has 17 unspecified atom stereocenters. The van der Waals surface area contributed by atoms with Gasteiger partial charge in [-0.1, -0.05) is 77.8 Å². The molecule has 30 heteroatoms. The quantitative estimate of drug-likeness (QED) is 0.0291. The first kappa shape index (κ1) is 69.9. The summed E-state index contributed by atoms with van der Waals surface area (Å²) in [5.41, 5.74) is 5.02. The molecule has 0 saturated carbocycles. The summed E-state index contributed by atoms with van der Waals surface area (Å²) in [7, 11) is -5.32. The van der Waals surface area contributed by atoms with E-state index in [1.54, 1.807) is 0 Å². The third-order valence-electron chi connectivity index (χ3n) is 14.5. The zero-order valence-electron chi connectivity index (χ0n) is 45.8. The number of aliphatic hydroxyl groups excluding tert-OH is 8. The number of fused-ring (bicyclic) bond motifs is 2. The number of aliphatic hydroxyl groups is 8. The van der Waals surface area contributed by atoms with Crippen LogP contribution in [0.25, 0.3) is 0 Å². The SMILES string of the molecule is CCC(C)CC(C)CCCCCCCCC(=O)NC1CC(O)C(O)NC(=O)C2C(O)CCN2C(=O)C(C(O)CC(N)=O)NC(=O)C(C(O)C(O)c2ccc(OP(=O)([O-])O)cc2)NC(=O)C2CC(O)CN2C(=O)C(C(C)O)NC1=O.[Na+].